The van der Waals surface area contributed by atoms with E-state index < -0.39 is 29.2 Å². The van der Waals surface area contributed by atoms with Crippen molar-refractivity contribution in [3.05, 3.63) is 58.9 Å². The minimum atomic E-state index is -4.88. The van der Waals surface area contributed by atoms with Crippen LogP contribution in [0.3, 0.4) is 0 Å². The summed E-state index contributed by atoms with van der Waals surface area (Å²) in [5.74, 6) is -2.77. The lowest BCUT2D eigenvalue weighted by molar-refractivity contribution is -0.143. The van der Waals surface area contributed by atoms with Gasteiger partial charge in [-0.25, -0.2) is 9.18 Å². The second kappa shape index (κ2) is 15.1. The Hall–Kier alpha value is -3.91. The lowest BCUT2D eigenvalue weighted by Gasteiger charge is -2.42. The molecule has 272 valence electrons. The summed E-state index contributed by atoms with van der Waals surface area (Å²) >= 11 is 0. The molecule has 14 heteroatoms. The number of anilines is 2. The number of benzene rings is 2. The van der Waals surface area contributed by atoms with Gasteiger partial charge in [0.05, 0.1) is 17.2 Å². The molecule has 3 fully saturated rings. The second-order valence-corrected chi connectivity index (χ2v) is 14.2. The second-order valence-electron chi connectivity index (χ2n) is 14.2. The number of carbonyl (C=O) groups excluding carboxylic acids is 3. The van der Waals surface area contributed by atoms with E-state index in [9.17, 15) is 31.9 Å². The van der Waals surface area contributed by atoms with E-state index in [0.717, 1.165) is 62.4 Å². The quantitative estimate of drug-likeness (QED) is 0.330. The summed E-state index contributed by atoms with van der Waals surface area (Å²) in [6.45, 7) is 6.18. The Morgan fingerprint density at radius 1 is 0.900 bits per heavy atom. The molecule has 3 N–H and O–H groups in total. The van der Waals surface area contributed by atoms with Crippen molar-refractivity contribution in [3.63, 3.8) is 0 Å². The van der Waals surface area contributed by atoms with Gasteiger partial charge in [0.2, 0.25) is 11.8 Å². The smallest absolute Gasteiger partial charge is 0.396 e. The number of rotatable bonds is 7. The molecule has 4 aliphatic rings. The van der Waals surface area contributed by atoms with Gasteiger partial charge in [0.1, 0.15) is 5.82 Å². The fourth-order valence-electron chi connectivity index (χ4n) is 7.96. The lowest BCUT2D eigenvalue weighted by Crippen LogP contribution is -2.53. The van der Waals surface area contributed by atoms with Crippen LogP contribution in [0, 0.1) is 11.7 Å². The van der Waals surface area contributed by atoms with Crippen LogP contribution in [-0.2, 0) is 28.6 Å². The van der Waals surface area contributed by atoms with E-state index in [1.165, 1.54) is 0 Å². The largest absolute Gasteiger partial charge is 0.418 e. The third-order valence-corrected chi connectivity index (χ3v) is 11.0. The van der Waals surface area contributed by atoms with Gasteiger partial charge in [-0.2, -0.15) is 13.2 Å². The molecule has 6 rings (SSSR count). The number of amides is 4. The van der Waals surface area contributed by atoms with Crippen molar-refractivity contribution < 1.29 is 31.9 Å². The molecule has 0 radical (unpaired) electrons. The molecule has 4 heterocycles. The molecule has 2 aromatic rings. The van der Waals surface area contributed by atoms with Crippen LogP contribution in [0.1, 0.15) is 48.8 Å². The summed E-state index contributed by atoms with van der Waals surface area (Å²) in [6.07, 6.45) is -1.94. The first-order chi connectivity index (χ1) is 23.9. The summed E-state index contributed by atoms with van der Waals surface area (Å²) in [5.41, 5.74) is 5.00. The summed E-state index contributed by atoms with van der Waals surface area (Å²) < 4.78 is 55.8. The maximum Gasteiger partial charge on any atom is 0.418 e. The van der Waals surface area contributed by atoms with Crippen LogP contribution in [-0.4, -0.2) is 120 Å². The number of alkyl halides is 3. The molecule has 10 nitrogen and oxygen atoms in total. The number of nitrogen functional groups attached to an aromatic ring is 1. The average Bonchev–Trinajstić information content (AvgIpc) is 3.27. The molecule has 0 spiro atoms. The van der Waals surface area contributed by atoms with Gasteiger partial charge in [0.15, 0.2) is 0 Å². The number of hydrogen-bond acceptors (Lipinski definition) is 6. The summed E-state index contributed by atoms with van der Waals surface area (Å²) in [7, 11) is 2.10. The van der Waals surface area contributed by atoms with E-state index >= 15 is 0 Å². The molecule has 0 unspecified atom stereocenters. The first kappa shape index (κ1) is 35.9. The van der Waals surface area contributed by atoms with Crippen molar-refractivity contribution in [2.24, 2.45) is 5.92 Å². The Balaban J connectivity index is 1.12. The van der Waals surface area contributed by atoms with Crippen molar-refractivity contribution >= 4 is 29.2 Å². The normalized spacial score (nSPS) is 21.1. The summed E-state index contributed by atoms with van der Waals surface area (Å²) in [6, 6.07) is 9.54. The number of para-hydroxylation sites is 1. The van der Waals surface area contributed by atoms with Crippen LogP contribution < -0.4 is 11.1 Å². The Bertz CT molecular complexity index is 1550. The van der Waals surface area contributed by atoms with Crippen LogP contribution in [0.25, 0.3) is 0 Å². The van der Waals surface area contributed by atoms with E-state index in [-0.39, 0.29) is 42.3 Å². The molecule has 0 saturated carbocycles. The highest BCUT2D eigenvalue weighted by Crippen LogP contribution is 2.36. The average molecular weight is 702 g/mol. The number of urea groups is 1. The van der Waals surface area contributed by atoms with Crippen molar-refractivity contribution in [1.29, 1.82) is 0 Å². The highest BCUT2D eigenvalue weighted by atomic mass is 19.4. The minimum Gasteiger partial charge on any atom is -0.396 e. The minimum absolute atomic E-state index is 0.0330. The standard InChI is InChI=1S/C36H47F4N7O3/c1-43-16-18-44(19-17-43)27-7-13-46(14-8-27)34(49)26(20-24-21-29(36(38,39)40)33(41)30(37)22-24)23-32(48)45-11-9-28(10-12-45)47-15-6-25-4-2-3-5-31(25)42-35(47)50/h2-5,21-22,26-28H,6-20,23,41H2,1H3,(H,42,50)/t26-/m0/s1. The fourth-order valence-corrected chi connectivity index (χ4v) is 7.96. The number of likely N-dealkylation sites (N-methyl/N-ethyl adjacent to an activating group) is 1. The number of nitrogens with one attached hydrogen (secondary N) is 1. The first-order valence-electron chi connectivity index (χ1n) is 17.7. The van der Waals surface area contributed by atoms with Crippen molar-refractivity contribution in [2.45, 2.75) is 63.2 Å². The number of piperidine rings is 2. The number of likely N-dealkylation sites (tertiary alicyclic amines) is 2. The van der Waals surface area contributed by atoms with Crippen LogP contribution in [0.4, 0.5) is 33.7 Å². The molecule has 0 bridgehead atoms. The van der Waals surface area contributed by atoms with Gasteiger partial charge in [-0.15, -0.1) is 0 Å². The molecule has 3 saturated heterocycles. The number of halogens is 4. The molecule has 4 amide bonds. The zero-order valence-electron chi connectivity index (χ0n) is 28.6. The van der Waals surface area contributed by atoms with E-state index in [1.54, 1.807) is 9.80 Å². The Kier molecular flexibility index (Phi) is 10.9. The molecule has 0 aromatic heterocycles. The van der Waals surface area contributed by atoms with Gasteiger partial charge < -0.3 is 30.7 Å². The SMILES string of the molecule is CN1CCN(C2CCN(C(=O)[C@H](CC(=O)N3CCC(N4CCc5ccccc5NC4=O)CC3)Cc3cc(F)c(N)c(C(F)(F)F)c3)CC2)CC1. The Morgan fingerprint density at radius 2 is 1.54 bits per heavy atom. The maximum absolute atomic E-state index is 14.7. The zero-order chi connectivity index (χ0) is 35.6. The third-order valence-electron chi connectivity index (χ3n) is 11.0. The van der Waals surface area contributed by atoms with Crippen molar-refractivity contribution in [2.75, 3.05) is 77.0 Å². The van der Waals surface area contributed by atoms with Gasteiger partial charge in [0, 0.05) is 83.1 Å². The topological polar surface area (TPSA) is 105 Å². The van der Waals surface area contributed by atoms with E-state index in [0.29, 0.717) is 58.0 Å². The summed E-state index contributed by atoms with van der Waals surface area (Å²) in [4.78, 5) is 50.8. The number of fused-ring (bicyclic) bond motifs is 1. The first-order valence-corrected chi connectivity index (χ1v) is 17.7. The number of hydrogen-bond donors (Lipinski definition) is 2. The molecule has 2 aromatic carbocycles. The maximum atomic E-state index is 14.7. The predicted octanol–water partition coefficient (Wildman–Crippen LogP) is 4.30. The van der Waals surface area contributed by atoms with Crippen LogP contribution in [0.2, 0.25) is 0 Å². The molecular weight excluding hydrogens is 654 g/mol. The van der Waals surface area contributed by atoms with Crippen molar-refractivity contribution in [3.8, 4) is 0 Å². The Labute approximate surface area is 290 Å². The number of piperazine rings is 1. The van der Waals surface area contributed by atoms with E-state index in [2.05, 4.69) is 22.2 Å². The van der Waals surface area contributed by atoms with Gasteiger partial charge >= 0.3 is 12.2 Å². The molecule has 1 atom stereocenters. The number of carbonyl (C=O) groups is 3. The Morgan fingerprint density at radius 3 is 2.22 bits per heavy atom. The highest BCUT2D eigenvalue weighted by Gasteiger charge is 2.38. The van der Waals surface area contributed by atoms with Crippen LogP contribution >= 0.6 is 0 Å². The predicted molar refractivity (Wildman–Crippen MR) is 182 cm³/mol. The molecule has 50 heavy (non-hydrogen) atoms. The van der Waals surface area contributed by atoms with Gasteiger partial charge in [-0.1, -0.05) is 18.2 Å². The zero-order valence-corrected chi connectivity index (χ0v) is 28.6. The monoisotopic (exact) mass is 701 g/mol. The summed E-state index contributed by atoms with van der Waals surface area (Å²) in [5, 5.41) is 3.00. The number of nitrogens with two attached hydrogens (primary N) is 1. The van der Waals surface area contributed by atoms with E-state index in [1.807, 2.05) is 29.2 Å². The van der Waals surface area contributed by atoms with E-state index in [4.69, 9.17) is 5.73 Å². The van der Waals surface area contributed by atoms with Gasteiger partial charge in [0.25, 0.3) is 0 Å². The van der Waals surface area contributed by atoms with Gasteiger partial charge in [-0.05, 0) is 74.9 Å². The van der Waals surface area contributed by atoms with Crippen LogP contribution in [0.15, 0.2) is 36.4 Å². The molecule has 0 aliphatic carbocycles. The van der Waals surface area contributed by atoms with Crippen molar-refractivity contribution in [1.82, 2.24) is 24.5 Å². The van der Waals surface area contributed by atoms with Crippen LogP contribution in [0.5, 0.6) is 0 Å². The lowest BCUT2D eigenvalue weighted by atomic mass is 9.91. The molecular formula is C36H47F4N7O3. The number of nitrogens with zero attached hydrogens (tertiary/aromatic N) is 5. The van der Waals surface area contributed by atoms with Gasteiger partial charge in [-0.3, -0.25) is 14.5 Å². The third kappa shape index (κ3) is 8.17. The highest BCUT2D eigenvalue weighted by molar-refractivity contribution is 5.91. The fraction of sp³-hybridized carbons (Fsp3) is 0.583. The molecule has 4 aliphatic heterocycles.